The smallest absolute Gasteiger partial charge is 0.169 e. The van der Waals surface area contributed by atoms with Crippen molar-refractivity contribution in [1.82, 2.24) is 20.9 Å². The van der Waals surface area contributed by atoms with E-state index >= 15 is 0 Å². The quantitative estimate of drug-likeness (QED) is 0.105. The maximum atomic E-state index is 5.40. The lowest BCUT2D eigenvalue weighted by Gasteiger charge is -2.22. The Balaban J connectivity index is 0.000000162. The normalized spacial score (nSPS) is 17.0. The van der Waals surface area contributed by atoms with Crippen molar-refractivity contribution in [3.8, 4) is 0 Å². The average molecular weight is 767 g/mol. The van der Waals surface area contributed by atoms with Gasteiger partial charge < -0.3 is 29.9 Å². The number of para-hydroxylation sites is 4. The number of fused-ring (bicyclic) bond motifs is 4. The molecule has 0 fully saturated rings. The molecule has 10 heteroatoms. The van der Waals surface area contributed by atoms with E-state index in [9.17, 15) is 0 Å². The van der Waals surface area contributed by atoms with Gasteiger partial charge in [0.25, 0.3) is 0 Å². The molecule has 8 nitrogen and oxygen atoms in total. The summed E-state index contributed by atoms with van der Waals surface area (Å²) in [5.74, 6) is 0. The fourth-order valence-electron chi connectivity index (χ4n) is 6.98. The van der Waals surface area contributed by atoms with Crippen LogP contribution in [0.3, 0.4) is 0 Å². The zero-order valence-corrected chi connectivity index (χ0v) is 30.2. The second-order valence-corrected chi connectivity index (χ2v) is 12.5. The molecule has 0 bridgehead atoms. The Hall–Kier alpha value is -3.87. The van der Waals surface area contributed by atoms with Crippen molar-refractivity contribution in [2.24, 2.45) is 0 Å². The third-order valence-electron chi connectivity index (χ3n) is 9.44. The minimum absolute atomic E-state index is 0.402. The first-order valence-corrected chi connectivity index (χ1v) is 18.5. The molecule has 0 aliphatic carbocycles. The summed E-state index contributed by atoms with van der Waals surface area (Å²) in [6, 6.07) is 34.3. The highest BCUT2D eigenvalue weighted by Crippen LogP contribution is 2.32. The van der Waals surface area contributed by atoms with E-state index in [1.54, 1.807) is 22.4 Å². The molecule has 2 unspecified atom stereocenters. The van der Waals surface area contributed by atoms with Gasteiger partial charge in [-0.25, -0.2) is 0 Å². The van der Waals surface area contributed by atoms with E-state index in [1.807, 2.05) is 36.4 Å². The highest BCUT2D eigenvalue weighted by atomic mass is 127. The van der Waals surface area contributed by atoms with Gasteiger partial charge in [-0.1, -0.05) is 71.0 Å². The fourth-order valence-corrected chi connectivity index (χ4v) is 6.98. The van der Waals surface area contributed by atoms with Crippen LogP contribution in [0.1, 0.15) is 60.3 Å². The zero-order chi connectivity index (χ0) is 33.8. The number of halogens is 1. The van der Waals surface area contributed by atoms with Crippen LogP contribution in [-0.2, 0) is 12.8 Å². The van der Waals surface area contributed by atoms with E-state index in [4.69, 9.17) is 9.05 Å². The molecular weight excluding hydrogens is 722 g/mol. The Bertz CT molecular complexity index is 1910. The van der Waals surface area contributed by atoms with Gasteiger partial charge in [0, 0.05) is 80.3 Å². The molecule has 0 spiro atoms. The minimum Gasteiger partial charge on any atom is -0.385 e. The number of nitrogens with zero attached hydrogens (tertiary/aromatic N) is 3. The summed E-state index contributed by atoms with van der Waals surface area (Å²) >= 11 is 1.65. The van der Waals surface area contributed by atoms with E-state index in [0.717, 1.165) is 78.8 Å². The lowest BCUT2D eigenvalue weighted by Crippen LogP contribution is -2.24. The number of rotatable bonds is 8. The van der Waals surface area contributed by atoms with Crippen LogP contribution in [0.2, 0.25) is 0 Å². The maximum absolute atomic E-state index is 5.40. The number of hydrogen-bond donors (Lipinski definition) is 3. The first-order valence-electron chi connectivity index (χ1n) is 17.2. The second kappa shape index (κ2) is 17.7. The Morgan fingerprint density at radius 1 is 0.714 bits per heavy atom. The predicted molar refractivity (Wildman–Crippen MR) is 210 cm³/mol. The lowest BCUT2D eigenvalue weighted by atomic mass is 10.0. The summed E-state index contributed by atoms with van der Waals surface area (Å²) in [6.45, 7) is 3.96. The van der Waals surface area contributed by atoms with Crippen LogP contribution in [0.25, 0.3) is 21.9 Å². The van der Waals surface area contributed by atoms with Gasteiger partial charge in [-0.3, -0.25) is 0 Å². The van der Waals surface area contributed by atoms with Crippen LogP contribution in [-0.4, -0.2) is 49.2 Å². The largest absolute Gasteiger partial charge is 0.385 e. The highest BCUT2D eigenvalue weighted by molar-refractivity contribution is 14.1. The SMILES string of the molecule is CN1CCCC(NCCc2noc3ccccc23)c2ccccc21.[B]I.c1ccc2c(c1)NCCCC2NCCc1noc2ccccc12. The number of nitrogens with one attached hydrogen (secondary N) is 3. The molecule has 2 aliphatic heterocycles. The topological polar surface area (TPSA) is 91.4 Å². The molecule has 6 aromatic rings. The van der Waals surface area contributed by atoms with Gasteiger partial charge >= 0.3 is 0 Å². The fraction of sp³-hybridized carbons (Fsp3) is 0.333. The summed E-state index contributed by atoms with van der Waals surface area (Å²) in [5, 5.41) is 21.6. The van der Waals surface area contributed by atoms with Gasteiger partial charge in [-0.15, -0.1) is 0 Å². The molecule has 49 heavy (non-hydrogen) atoms. The number of benzene rings is 4. The summed E-state index contributed by atoms with van der Waals surface area (Å²) in [6.07, 6.45) is 6.47. The van der Waals surface area contributed by atoms with Gasteiger partial charge in [0.1, 0.15) is 0 Å². The first kappa shape index (κ1) is 35.0. The Kier molecular flexibility index (Phi) is 12.6. The van der Waals surface area contributed by atoms with E-state index in [2.05, 4.69) is 105 Å². The molecule has 0 saturated heterocycles. The van der Waals surface area contributed by atoms with Gasteiger partial charge in [0.05, 0.1) is 11.4 Å². The second-order valence-electron chi connectivity index (χ2n) is 12.5. The first-order chi connectivity index (χ1) is 24.2. The Morgan fingerprint density at radius 3 is 1.92 bits per heavy atom. The van der Waals surface area contributed by atoms with E-state index < -0.39 is 0 Å². The molecule has 2 radical (unpaired) electrons. The van der Waals surface area contributed by atoms with Crippen LogP contribution < -0.4 is 20.9 Å². The van der Waals surface area contributed by atoms with Gasteiger partial charge in [-0.05, 0) is 73.2 Å². The molecular formula is C39H44BIN6O2. The van der Waals surface area contributed by atoms with Gasteiger partial charge in [0.15, 0.2) is 16.9 Å². The average Bonchev–Trinajstić information content (AvgIpc) is 3.65. The summed E-state index contributed by atoms with van der Waals surface area (Å²) < 4.78 is 10.8. The van der Waals surface area contributed by atoms with Crippen LogP contribution in [0.5, 0.6) is 0 Å². The predicted octanol–water partition coefficient (Wildman–Crippen LogP) is 8.34. The molecule has 4 heterocycles. The zero-order valence-electron chi connectivity index (χ0n) is 28.1. The number of anilines is 2. The van der Waals surface area contributed by atoms with Crippen LogP contribution in [0, 0.1) is 0 Å². The highest BCUT2D eigenvalue weighted by Gasteiger charge is 2.21. The molecule has 8 rings (SSSR count). The van der Waals surface area contributed by atoms with Crippen molar-refractivity contribution in [1.29, 1.82) is 0 Å². The van der Waals surface area contributed by atoms with Crippen molar-refractivity contribution in [2.75, 3.05) is 43.4 Å². The van der Waals surface area contributed by atoms with Gasteiger partial charge in [0.2, 0.25) is 0 Å². The van der Waals surface area contributed by atoms with Crippen molar-refractivity contribution in [3.63, 3.8) is 0 Å². The van der Waals surface area contributed by atoms with Gasteiger partial charge in [-0.2, -0.15) is 22.4 Å². The van der Waals surface area contributed by atoms with Crippen LogP contribution >= 0.6 is 22.4 Å². The molecule has 252 valence electrons. The molecule has 3 N–H and O–H groups in total. The van der Waals surface area contributed by atoms with E-state index in [-0.39, 0.29) is 0 Å². The van der Waals surface area contributed by atoms with Crippen molar-refractivity contribution < 1.29 is 9.05 Å². The Morgan fingerprint density at radius 2 is 1.24 bits per heavy atom. The third-order valence-corrected chi connectivity index (χ3v) is 9.44. The minimum atomic E-state index is 0.402. The standard InChI is InChI=1S/C20H23N3O.C19H21N3O.BI/c1-23-14-6-9-17(15-7-2-4-10-19(15)23)21-13-12-18-16-8-3-5-11-20(16)24-22-18;1-3-8-16-14(6-1)17(9-5-12-20-16)21-13-11-18-15-7-2-4-10-19(15)23-22-18;1-2/h2-5,7-8,10-11,17,21H,6,9,12-14H2,1H3;1-4,6-8,10,17,20-21H,5,9,11-13H2;. The lowest BCUT2D eigenvalue weighted by molar-refractivity contribution is 0.440. The number of aromatic nitrogens is 2. The monoisotopic (exact) mass is 766 g/mol. The number of hydrogen-bond acceptors (Lipinski definition) is 8. The molecule has 2 aromatic heterocycles. The molecule has 2 aliphatic rings. The van der Waals surface area contributed by atoms with Crippen LogP contribution in [0.4, 0.5) is 11.4 Å². The summed E-state index contributed by atoms with van der Waals surface area (Å²) in [5.41, 5.74) is 13.7. The third kappa shape index (κ3) is 8.66. The molecule has 4 aromatic carbocycles. The summed E-state index contributed by atoms with van der Waals surface area (Å²) in [7, 11) is 2.18. The molecule has 0 saturated carbocycles. The molecule has 0 amide bonds. The van der Waals surface area contributed by atoms with Crippen molar-refractivity contribution >= 4 is 61.4 Å². The summed E-state index contributed by atoms with van der Waals surface area (Å²) in [4.78, 5) is 2.36. The maximum Gasteiger partial charge on any atom is 0.169 e. The Labute approximate surface area is 303 Å². The van der Waals surface area contributed by atoms with E-state index in [0.29, 0.717) is 12.1 Å². The molecule has 2 atom stereocenters. The van der Waals surface area contributed by atoms with Crippen molar-refractivity contribution in [3.05, 3.63) is 120 Å². The van der Waals surface area contributed by atoms with E-state index in [1.165, 1.54) is 41.8 Å². The van der Waals surface area contributed by atoms with Crippen LogP contribution in [0.15, 0.2) is 106 Å². The van der Waals surface area contributed by atoms with Crippen molar-refractivity contribution in [2.45, 2.75) is 50.6 Å².